The molecule has 0 aliphatic rings. The Hall–Kier alpha value is -1.36. The molecule has 0 N–H and O–H groups in total. The van der Waals surface area contributed by atoms with Crippen molar-refractivity contribution in [2.45, 2.75) is 13.8 Å². The number of rotatable bonds is 4. The van der Waals surface area contributed by atoms with E-state index in [0.717, 1.165) is 5.56 Å². The second-order valence-corrected chi connectivity index (χ2v) is 4.82. The van der Waals surface area contributed by atoms with Crippen LogP contribution in [0, 0.1) is 12.8 Å². The highest BCUT2D eigenvalue weighted by molar-refractivity contribution is 7.08. The van der Waals surface area contributed by atoms with Crippen molar-refractivity contribution in [3.8, 4) is 0 Å². The first-order valence-electron chi connectivity index (χ1n) is 5.33. The minimum Gasteiger partial charge on any atom is -0.469 e. The third-order valence-electron chi connectivity index (χ3n) is 2.58. The van der Waals surface area contributed by atoms with Crippen molar-refractivity contribution in [3.05, 3.63) is 21.9 Å². The zero-order chi connectivity index (χ0) is 13.0. The molecule has 1 unspecified atom stereocenters. The molecule has 0 aliphatic heterocycles. The fourth-order valence-electron chi connectivity index (χ4n) is 1.55. The molecule has 0 saturated heterocycles. The highest BCUT2D eigenvalue weighted by atomic mass is 32.1. The summed E-state index contributed by atoms with van der Waals surface area (Å²) < 4.78 is 4.63. The number of hydrogen-bond donors (Lipinski definition) is 0. The predicted octanol–water partition coefficient (Wildman–Crippen LogP) is 1.94. The molecule has 4 nitrogen and oxygen atoms in total. The number of hydrogen-bond acceptors (Lipinski definition) is 4. The summed E-state index contributed by atoms with van der Waals surface area (Å²) in [5, 5.41) is 3.77. The minimum atomic E-state index is -0.312. The van der Waals surface area contributed by atoms with Crippen LogP contribution < -0.4 is 0 Å². The third-order valence-corrected chi connectivity index (χ3v) is 3.45. The van der Waals surface area contributed by atoms with Gasteiger partial charge in [0, 0.05) is 19.0 Å². The maximum atomic E-state index is 12.1. The van der Waals surface area contributed by atoms with Crippen LogP contribution >= 0.6 is 11.3 Å². The summed E-state index contributed by atoms with van der Waals surface area (Å²) in [4.78, 5) is 24.9. The number of aryl methyl sites for hydroxylation is 1. The van der Waals surface area contributed by atoms with Gasteiger partial charge in [-0.2, -0.15) is 11.3 Å². The number of thiophene rings is 1. The Morgan fingerprint density at radius 2 is 2.12 bits per heavy atom. The number of nitrogens with zero attached hydrogens (tertiary/aromatic N) is 1. The second-order valence-electron chi connectivity index (χ2n) is 4.08. The van der Waals surface area contributed by atoms with Gasteiger partial charge in [0.05, 0.1) is 18.6 Å². The zero-order valence-electron chi connectivity index (χ0n) is 10.5. The summed E-state index contributed by atoms with van der Waals surface area (Å²) >= 11 is 1.50. The summed E-state index contributed by atoms with van der Waals surface area (Å²) in [6, 6.07) is 0. The highest BCUT2D eigenvalue weighted by Crippen LogP contribution is 2.16. The van der Waals surface area contributed by atoms with Crippen LogP contribution in [0.25, 0.3) is 0 Å². The van der Waals surface area contributed by atoms with Crippen molar-refractivity contribution < 1.29 is 14.3 Å². The lowest BCUT2D eigenvalue weighted by Crippen LogP contribution is -2.34. The van der Waals surface area contributed by atoms with E-state index in [9.17, 15) is 9.59 Å². The Labute approximate surface area is 105 Å². The van der Waals surface area contributed by atoms with Gasteiger partial charge in [-0.05, 0) is 17.9 Å². The molecule has 0 spiro atoms. The average Bonchev–Trinajstić information content (AvgIpc) is 2.73. The normalized spacial score (nSPS) is 12.0. The SMILES string of the molecule is COC(=O)C(C)CN(C)C(=O)c1cscc1C. The number of carbonyl (C=O) groups excluding carboxylic acids is 2. The molecule has 1 rings (SSSR count). The molecular weight excluding hydrogens is 238 g/mol. The van der Waals surface area contributed by atoms with Gasteiger partial charge < -0.3 is 9.64 Å². The first-order valence-corrected chi connectivity index (χ1v) is 6.27. The zero-order valence-corrected chi connectivity index (χ0v) is 11.3. The highest BCUT2D eigenvalue weighted by Gasteiger charge is 2.20. The molecule has 0 bridgehead atoms. The quantitative estimate of drug-likeness (QED) is 0.772. The van der Waals surface area contributed by atoms with E-state index in [-0.39, 0.29) is 17.8 Å². The first-order chi connectivity index (χ1) is 7.97. The van der Waals surface area contributed by atoms with Gasteiger partial charge in [-0.3, -0.25) is 9.59 Å². The van der Waals surface area contributed by atoms with Crippen molar-refractivity contribution in [2.75, 3.05) is 20.7 Å². The topological polar surface area (TPSA) is 46.6 Å². The maximum Gasteiger partial charge on any atom is 0.310 e. The lowest BCUT2D eigenvalue weighted by molar-refractivity contribution is -0.145. The van der Waals surface area contributed by atoms with E-state index < -0.39 is 0 Å². The molecule has 94 valence electrons. The molecule has 1 amide bonds. The summed E-state index contributed by atoms with van der Waals surface area (Å²) in [6.45, 7) is 4.01. The van der Waals surface area contributed by atoms with Gasteiger partial charge in [-0.1, -0.05) is 6.92 Å². The standard InChI is InChI=1S/C12H17NO3S/c1-8(12(15)16-4)5-13(3)11(14)10-7-17-6-9(10)2/h6-8H,5H2,1-4H3. The summed E-state index contributed by atoms with van der Waals surface area (Å²) in [5.41, 5.74) is 1.67. The van der Waals surface area contributed by atoms with Crippen molar-refractivity contribution in [3.63, 3.8) is 0 Å². The van der Waals surface area contributed by atoms with E-state index in [1.165, 1.54) is 18.4 Å². The Bertz CT molecular complexity index is 414. The molecule has 0 aliphatic carbocycles. The Morgan fingerprint density at radius 1 is 1.47 bits per heavy atom. The minimum absolute atomic E-state index is 0.0560. The summed E-state index contributed by atoms with van der Waals surface area (Å²) in [7, 11) is 3.04. The lowest BCUT2D eigenvalue weighted by atomic mass is 10.1. The lowest BCUT2D eigenvalue weighted by Gasteiger charge is -2.20. The van der Waals surface area contributed by atoms with Crippen LogP contribution in [0.3, 0.4) is 0 Å². The van der Waals surface area contributed by atoms with Gasteiger partial charge in [0.1, 0.15) is 0 Å². The molecule has 5 heteroatoms. The third kappa shape index (κ3) is 3.30. The summed E-state index contributed by atoms with van der Waals surface area (Å²) in [5.74, 6) is -0.668. The van der Waals surface area contributed by atoms with E-state index in [1.54, 1.807) is 18.9 Å². The maximum absolute atomic E-state index is 12.1. The molecule has 0 fully saturated rings. The second kappa shape index (κ2) is 5.82. The van der Waals surface area contributed by atoms with Gasteiger partial charge in [0.25, 0.3) is 5.91 Å². The Morgan fingerprint density at radius 3 is 2.59 bits per heavy atom. The first kappa shape index (κ1) is 13.7. The number of methoxy groups -OCH3 is 1. The summed E-state index contributed by atoms with van der Waals surface area (Å²) in [6.07, 6.45) is 0. The molecule has 1 aromatic heterocycles. The number of ether oxygens (including phenoxy) is 1. The fourth-order valence-corrected chi connectivity index (χ4v) is 2.38. The van der Waals surface area contributed by atoms with Crippen molar-refractivity contribution >= 4 is 23.2 Å². The van der Waals surface area contributed by atoms with Crippen molar-refractivity contribution in [2.24, 2.45) is 5.92 Å². The van der Waals surface area contributed by atoms with Crippen LogP contribution in [0.15, 0.2) is 10.8 Å². The van der Waals surface area contributed by atoms with Crippen LogP contribution in [0.1, 0.15) is 22.8 Å². The molecule has 1 aromatic rings. The van der Waals surface area contributed by atoms with E-state index in [0.29, 0.717) is 12.1 Å². The van der Waals surface area contributed by atoms with Gasteiger partial charge in [-0.25, -0.2) is 0 Å². The van der Waals surface area contributed by atoms with Crippen LogP contribution in [0.5, 0.6) is 0 Å². The molecule has 0 aromatic carbocycles. The van der Waals surface area contributed by atoms with E-state index in [4.69, 9.17) is 0 Å². The van der Waals surface area contributed by atoms with E-state index in [2.05, 4.69) is 4.74 Å². The van der Waals surface area contributed by atoms with Crippen LogP contribution in [0.2, 0.25) is 0 Å². The number of amides is 1. The molecule has 1 heterocycles. The predicted molar refractivity (Wildman–Crippen MR) is 67.2 cm³/mol. The molecule has 1 atom stereocenters. The van der Waals surface area contributed by atoms with Crippen LogP contribution in [-0.4, -0.2) is 37.5 Å². The molecular formula is C12H17NO3S. The van der Waals surface area contributed by atoms with Gasteiger partial charge in [0.15, 0.2) is 0 Å². The van der Waals surface area contributed by atoms with Crippen molar-refractivity contribution in [1.82, 2.24) is 4.90 Å². The smallest absolute Gasteiger partial charge is 0.310 e. The Balaban J connectivity index is 2.65. The molecule has 0 radical (unpaired) electrons. The molecule has 0 saturated carbocycles. The Kier molecular flexibility index (Phi) is 4.69. The van der Waals surface area contributed by atoms with Crippen LogP contribution in [0.4, 0.5) is 0 Å². The van der Waals surface area contributed by atoms with Crippen molar-refractivity contribution in [1.29, 1.82) is 0 Å². The van der Waals surface area contributed by atoms with Crippen LogP contribution in [-0.2, 0) is 9.53 Å². The average molecular weight is 255 g/mol. The van der Waals surface area contributed by atoms with E-state index in [1.807, 2.05) is 17.7 Å². The number of esters is 1. The molecule has 17 heavy (non-hydrogen) atoms. The largest absolute Gasteiger partial charge is 0.469 e. The van der Waals surface area contributed by atoms with E-state index >= 15 is 0 Å². The monoisotopic (exact) mass is 255 g/mol. The van der Waals surface area contributed by atoms with Gasteiger partial charge in [0.2, 0.25) is 0 Å². The van der Waals surface area contributed by atoms with Gasteiger partial charge >= 0.3 is 5.97 Å². The van der Waals surface area contributed by atoms with Gasteiger partial charge in [-0.15, -0.1) is 0 Å². The number of carbonyl (C=O) groups is 2. The fraction of sp³-hybridized carbons (Fsp3) is 0.500.